The van der Waals surface area contributed by atoms with Gasteiger partial charge in [0.1, 0.15) is 0 Å². The molecule has 4 atom stereocenters. The van der Waals surface area contributed by atoms with Gasteiger partial charge >= 0.3 is 0 Å². The largest absolute Gasteiger partial charge is 0.339 e. The zero-order chi connectivity index (χ0) is 26.4. The lowest BCUT2D eigenvalue weighted by molar-refractivity contribution is -0.390. The molecule has 39 heavy (non-hydrogen) atoms. The second-order valence-corrected chi connectivity index (χ2v) is 13.1. The van der Waals surface area contributed by atoms with Crippen LogP contribution in [0.15, 0.2) is 54.6 Å². The fraction of sp³-hybridized carbons (Fsp3) is 0.529. The number of likely N-dealkylation sites (tertiary alicyclic amines) is 1. The fourth-order valence-corrected chi connectivity index (χ4v) is 8.90. The van der Waals surface area contributed by atoms with Gasteiger partial charge in [-0.15, -0.1) is 0 Å². The zero-order valence-corrected chi connectivity index (χ0v) is 23.7. The SMILES string of the molecule is O=C([C@@H]1CNC[C@]12CCCc1[nH+]c(Cl)ccc12)N1CCC(c2ccc3ccccc3c2)CC1C1CCCCC1. The van der Waals surface area contributed by atoms with Crippen LogP contribution in [-0.4, -0.2) is 36.5 Å². The molecule has 3 aromatic rings. The third kappa shape index (κ3) is 4.58. The number of aromatic amines is 1. The lowest BCUT2D eigenvalue weighted by Gasteiger charge is -2.47. The summed E-state index contributed by atoms with van der Waals surface area (Å²) in [4.78, 5) is 20.5. The normalized spacial score (nSPS) is 29.6. The molecule has 1 spiro atoms. The van der Waals surface area contributed by atoms with Gasteiger partial charge < -0.3 is 10.2 Å². The average Bonchev–Trinajstić information content (AvgIpc) is 3.40. The van der Waals surface area contributed by atoms with Crippen LogP contribution in [0.25, 0.3) is 10.8 Å². The molecule has 204 valence electrons. The van der Waals surface area contributed by atoms with Crippen LogP contribution in [0.1, 0.15) is 80.5 Å². The Morgan fingerprint density at radius 1 is 0.974 bits per heavy atom. The van der Waals surface area contributed by atoms with Gasteiger partial charge in [-0.2, -0.15) is 4.98 Å². The molecule has 1 amide bonds. The fourth-order valence-electron chi connectivity index (χ4n) is 8.72. The summed E-state index contributed by atoms with van der Waals surface area (Å²) in [6, 6.07) is 20.3. The second kappa shape index (κ2) is 10.5. The number of amides is 1. The van der Waals surface area contributed by atoms with Crippen LogP contribution >= 0.6 is 11.6 Å². The second-order valence-electron chi connectivity index (χ2n) is 12.7. The molecule has 2 N–H and O–H groups in total. The smallest absolute Gasteiger partial charge is 0.273 e. The van der Waals surface area contributed by atoms with Gasteiger partial charge in [0.2, 0.25) is 5.91 Å². The van der Waals surface area contributed by atoms with E-state index in [4.69, 9.17) is 11.6 Å². The Kier molecular flexibility index (Phi) is 6.89. The van der Waals surface area contributed by atoms with E-state index in [0.29, 0.717) is 28.9 Å². The van der Waals surface area contributed by atoms with E-state index in [1.807, 2.05) is 6.07 Å². The lowest BCUT2D eigenvalue weighted by Crippen LogP contribution is -2.55. The van der Waals surface area contributed by atoms with Crippen LogP contribution in [0.5, 0.6) is 0 Å². The van der Waals surface area contributed by atoms with Crippen LogP contribution in [0.4, 0.5) is 0 Å². The van der Waals surface area contributed by atoms with E-state index >= 15 is 0 Å². The molecule has 1 aromatic heterocycles. The van der Waals surface area contributed by atoms with E-state index in [2.05, 4.69) is 63.7 Å². The molecule has 2 aliphatic heterocycles. The molecule has 0 radical (unpaired) electrons. The first-order valence-corrected chi connectivity index (χ1v) is 15.7. The number of rotatable bonds is 3. The van der Waals surface area contributed by atoms with Gasteiger partial charge in [0.15, 0.2) is 5.69 Å². The van der Waals surface area contributed by atoms with Crippen molar-refractivity contribution in [1.29, 1.82) is 0 Å². The van der Waals surface area contributed by atoms with Gasteiger partial charge in [0, 0.05) is 49.1 Å². The van der Waals surface area contributed by atoms with Gasteiger partial charge in [-0.3, -0.25) is 4.79 Å². The highest BCUT2D eigenvalue weighted by Crippen LogP contribution is 2.47. The summed E-state index contributed by atoms with van der Waals surface area (Å²) in [5.41, 5.74) is 3.88. The molecule has 7 rings (SSSR count). The summed E-state index contributed by atoms with van der Waals surface area (Å²) in [6.07, 6.45) is 11.8. The number of halogens is 1. The van der Waals surface area contributed by atoms with Crippen molar-refractivity contribution in [2.45, 2.75) is 81.6 Å². The van der Waals surface area contributed by atoms with E-state index in [0.717, 1.165) is 51.7 Å². The predicted octanol–water partition coefficient (Wildman–Crippen LogP) is 6.46. The van der Waals surface area contributed by atoms with Crippen molar-refractivity contribution in [3.8, 4) is 0 Å². The minimum absolute atomic E-state index is 0.00515. The summed E-state index contributed by atoms with van der Waals surface area (Å²) in [5.74, 6) is 1.54. The Labute approximate surface area is 237 Å². The number of fused-ring (bicyclic) bond motifs is 3. The van der Waals surface area contributed by atoms with Crippen molar-refractivity contribution in [2.24, 2.45) is 11.8 Å². The van der Waals surface area contributed by atoms with Crippen molar-refractivity contribution >= 4 is 28.3 Å². The number of piperidine rings is 1. The Bertz CT molecular complexity index is 1370. The van der Waals surface area contributed by atoms with Crippen molar-refractivity contribution in [3.63, 3.8) is 0 Å². The third-order valence-corrected chi connectivity index (χ3v) is 10.9. The predicted molar refractivity (Wildman–Crippen MR) is 157 cm³/mol. The number of aryl methyl sites for hydroxylation is 1. The molecule has 4 aliphatic rings. The number of pyridine rings is 1. The quantitative estimate of drug-likeness (QED) is 0.386. The molecule has 4 nitrogen and oxygen atoms in total. The Morgan fingerprint density at radius 2 is 1.82 bits per heavy atom. The first kappa shape index (κ1) is 25.5. The van der Waals surface area contributed by atoms with Crippen molar-refractivity contribution in [1.82, 2.24) is 10.2 Å². The van der Waals surface area contributed by atoms with Gasteiger partial charge in [-0.05, 0) is 84.4 Å². The molecule has 5 heteroatoms. The summed E-state index contributed by atoms with van der Waals surface area (Å²) in [7, 11) is 0. The Balaban J connectivity index is 1.19. The Morgan fingerprint density at radius 3 is 2.69 bits per heavy atom. The molecule has 1 saturated carbocycles. The number of nitrogens with one attached hydrogen (secondary N) is 2. The zero-order valence-electron chi connectivity index (χ0n) is 22.9. The van der Waals surface area contributed by atoms with Crippen LogP contribution < -0.4 is 10.3 Å². The first-order chi connectivity index (χ1) is 19.1. The number of hydrogen-bond donors (Lipinski definition) is 1. The standard InChI is InChI=1S/C34H40ClN3O/c35-32-15-14-28-30(37-32)11-6-17-34(28)22-36-21-29(34)33(39)38-18-16-27(20-31(38)24-8-2-1-3-9-24)26-13-12-23-7-4-5-10-25(23)19-26/h4-5,7,10,12-15,19,24,27,29,31,36H,1-3,6,8-9,11,16-18,20-22H2/p+1/t27?,29-,31?,34-/m0/s1. The Hall–Kier alpha value is -2.43. The van der Waals surface area contributed by atoms with E-state index in [9.17, 15) is 4.79 Å². The molecule has 2 saturated heterocycles. The summed E-state index contributed by atoms with van der Waals surface area (Å²) < 4.78 is 0. The molecule has 2 unspecified atom stereocenters. The van der Waals surface area contributed by atoms with Crippen LogP contribution in [-0.2, 0) is 16.6 Å². The minimum Gasteiger partial charge on any atom is -0.339 e. The maximum absolute atomic E-state index is 14.7. The lowest BCUT2D eigenvalue weighted by atomic mass is 9.64. The molecule has 3 fully saturated rings. The number of H-pyrrole nitrogens is 1. The van der Waals surface area contributed by atoms with Crippen LogP contribution in [0.3, 0.4) is 0 Å². The van der Waals surface area contributed by atoms with Gasteiger partial charge in [0.25, 0.3) is 5.15 Å². The van der Waals surface area contributed by atoms with Crippen LogP contribution in [0.2, 0.25) is 5.15 Å². The highest BCUT2D eigenvalue weighted by atomic mass is 35.5. The molecular weight excluding hydrogens is 502 g/mol. The minimum atomic E-state index is -0.127. The number of hydrogen-bond acceptors (Lipinski definition) is 2. The van der Waals surface area contributed by atoms with E-state index in [-0.39, 0.29) is 11.3 Å². The summed E-state index contributed by atoms with van der Waals surface area (Å²) >= 11 is 6.35. The van der Waals surface area contributed by atoms with Gasteiger partial charge in [-0.1, -0.05) is 61.7 Å². The highest BCUT2D eigenvalue weighted by molar-refractivity contribution is 6.28. The maximum Gasteiger partial charge on any atom is 0.273 e. The summed E-state index contributed by atoms with van der Waals surface area (Å²) in [6.45, 7) is 2.54. The van der Waals surface area contributed by atoms with Crippen molar-refractivity contribution in [3.05, 3.63) is 76.6 Å². The first-order valence-electron chi connectivity index (χ1n) is 15.3. The van der Waals surface area contributed by atoms with E-state index in [1.54, 1.807) is 0 Å². The van der Waals surface area contributed by atoms with Gasteiger partial charge in [-0.25, -0.2) is 0 Å². The van der Waals surface area contributed by atoms with E-state index < -0.39 is 0 Å². The molecular formula is C34H41ClN3O+. The van der Waals surface area contributed by atoms with Crippen LogP contribution in [0, 0.1) is 11.8 Å². The van der Waals surface area contributed by atoms with Gasteiger partial charge in [0.05, 0.1) is 5.92 Å². The third-order valence-electron chi connectivity index (χ3n) is 10.7. The van der Waals surface area contributed by atoms with E-state index in [1.165, 1.54) is 59.7 Å². The number of nitrogens with zero attached hydrogens (tertiary/aromatic N) is 1. The highest BCUT2D eigenvalue weighted by Gasteiger charge is 2.53. The maximum atomic E-state index is 14.7. The molecule has 2 aliphatic carbocycles. The molecule has 3 heterocycles. The monoisotopic (exact) mass is 542 g/mol. The topological polar surface area (TPSA) is 46.5 Å². The number of aromatic nitrogens is 1. The van der Waals surface area contributed by atoms with Crippen molar-refractivity contribution < 1.29 is 9.78 Å². The molecule has 2 aromatic carbocycles. The average molecular weight is 543 g/mol. The van der Waals surface area contributed by atoms with Crippen molar-refractivity contribution in [2.75, 3.05) is 19.6 Å². The number of benzene rings is 2. The number of carbonyl (C=O) groups excluding carboxylic acids is 1. The number of carbonyl (C=O) groups is 1. The summed E-state index contributed by atoms with van der Waals surface area (Å²) in [5, 5.41) is 6.98. The molecule has 0 bridgehead atoms.